The van der Waals surface area contributed by atoms with E-state index in [1.165, 1.54) is 7.11 Å². The van der Waals surface area contributed by atoms with E-state index in [9.17, 15) is 15.0 Å². The third-order valence-corrected chi connectivity index (χ3v) is 2.39. The largest absolute Gasteiger partial charge is 0.469 e. The number of rotatable bonds is 1. The number of aliphatic hydroxyl groups is 3. The Balaban J connectivity index is 2.61. The highest BCUT2D eigenvalue weighted by atomic mass is 16.5. The minimum Gasteiger partial charge on any atom is -0.469 e. The van der Waals surface area contributed by atoms with E-state index >= 15 is 0 Å². The molecule has 0 amide bonds. The zero-order chi connectivity index (χ0) is 10.0. The third kappa shape index (κ3) is 2.18. The van der Waals surface area contributed by atoms with Crippen molar-refractivity contribution in [3.63, 3.8) is 0 Å². The molecule has 0 radical (unpaired) electrons. The smallest absolute Gasteiger partial charge is 0.311 e. The molecule has 5 heteroatoms. The summed E-state index contributed by atoms with van der Waals surface area (Å²) in [6, 6.07) is 0. The van der Waals surface area contributed by atoms with Gasteiger partial charge >= 0.3 is 5.97 Å². The van der Waals surface area contributed by atoms with Crippen molar-refractivity contribution in [2.24, 2.45) is 5.92 Å². The Hall–Kier alpha value is -0.650. The third-order valence-electron chi connectivity index (χ3n) is 2.39. The summed E-state index contributed by atoms with van der Waals surface area (Å²) < 4.78 is 4.45. The summed E-state index contributed by atoms with van der Waals surface area (Å²) in [5.41, 5.74) is 0. The van der Waals surface area contributed by atoms with Gasteiger partial charge in [0.2, 0.25) is 0 Å². The van der Waals surface area contributed by atoms with Crippen LogP contribution in [0.25, 0.3) is 0 Å². The second-order valence-corrected chi connectivity index (χ2v) is 3.30. The van der Waals surface area contributed by atoms with Crippen LogP contribution >= 0.6 is 0 Å². The maximum Gasteiger partial charge on any atom is 0.311 e. The van der Waals surface area contributed by atoms with Gasteiger partial charge in [0.1, 0.15) is 0 Å². The maximum atomic E-state index is 11.1. The van der Waals surface area contributed by atoms with Gasteiger partial charge in [-0.05, 0) is 6.42 Å². The monoisotopic (exact) mass is 190 g/mol. The molecule has 0 bridgehead atoms. The van der Waals surface area contributed by atoms with E-state index in [0.29, 0.717) is 0 Å². The molecule has 0 heterocycles. The van der Waals surface area contributed by atoms with Crippen LogP contribution in [0.2, 0.25) is 0 Å². The molecule has 0 aromatic rings. The predicted molar refractivity (Wildman–Crippen MR) is 42.8 cm³/mol. The van der Waals surface area contributed by atoms with Gasteiger partial charge in [-0.25, -0.2) is 0 Å². The van der Waals surface area contributed by atoms with Crippen LogP contribution in [0.1, 0.15) is 12.8 Å². The topological polar surface area (TPSA) is 87.0 Å². The van der Waals surface area contributed by atoms with Crippen molar-refractivity contribution in [2.45, 2.75) is 31.2 Å². The van der Waals surface area contributed by atoms with E-state index in [2.05, 4.69) is 4.74 Å². The molecule has 0 aromatic heterocycles. The summed E-state index contributed by atoms with van der Waals surface area (Å²) in [5, 5.41) is 27.8. The van der Waals surface area contributed by atoms with E-state index in [1.54, 1.807) is 0 Å². The average molecular weight is 190 g/mol. The van der Waals surface area contributed by atoms with Gasteiger partial charge in [0.25, 0.3) is 0 Å². The first-order valence-electron chi connectivity index (χ1n) is 4.18. The van der Waals surface area contributed by atoms with Gasteiger partial charge in [-0.1, -0.05) is 0 Å². The Morgan fingerprint density at radius 2 is 1.69 bits per heavy atom. The van der Waals surface area contributed by atoms with E-state index in [1.807, 2.05) is 0 Å². The molecule has 3 N–H and O–H groups in total. The van der Waals surface area contributed by atoms with Crippen molar-refractivity contribution >= 4 is 5.97 Å². The molecule has 1 unspecified atom stereocenters. The molecule has 1 saturated carbocycles. The van der Waals surface area contributed by atoms with Crippen LogP contribution in [0.3, 0.4) is 0 Å². The Kier molecular flexibility index (Phi) is 3.24. The summed E-state index contributed by atoms with van der Waals surface area (Å²) in [7, 11) is 1.23. The Morgan fingerprint density at radius 1 is 1.15 bits per heavy atom. The van der Waals surface area contributed by atoms with E-state index in [-0.39, 0.29) is 12.8 Å². The van der Waals surface area contributed by atoms with Crippen molar-refractivity contribution in [3.8, 4) is 0 Å². The zero-order valence-electron chi connectivity index (χ0n) is 7.38. The first-order chi connectivity index (χ1) is 6.06. The Morgan fingerprint density at radius 3 is 2.23 bits per heavy atom. The SMILES string of the molecule is COC(=O)C1C[C@@H](O)[C@@H](O)C[C@@H]1O. The van der Waals surface area contributed by atoms with Gasteiger partial charge < -0.3 is 20.1 Å². The van der Waals surface area contributed by atoms with E-state index in [4.69, 9.17) is 5.11 Å². The lowest BCUT2D eigenvalue weighted by Gasteiger charge is -2.32. The molecule has 5 nitrogen and oxygen atoms in total. The molecule has 1 rings (SSSR count). The Labute approximate surface area is 75.9 Å². The lowest BCUT2D eigenvalue weighted by Crippen LogP contribution is -2.45. The molecule has 0 aromatic carbocycles. The number of carbonyl (C=O) groups is 1. The van der Waals surface area contributed by atoms with E-state index in [0.717, 1.165) is 0 Å². The van der Waals surface area contributed by atoms with Gasteiger partial charge in [0.15, 0.2) is 0 Å². The van der Waals surface area contributed by atoms with Crippen LogP contribution < -0.4 is 0 Å². The average Bonchev–Trinajstić information content (AvgIpc) is 2.10. The van der Waals surface area contributed by atoms with Gasteiger partial charge in [0, 0.05) is 6.42 Å². The van der Waals surface area contributed by atoms with Gasteiger partial charge in [-0.15, -0.1) is 0 Å². The molecular weight excluding hydrogens is 176 g/mol. The molecule has 76 valence electrons. The molecule has 1 aliphatic rings. The highest BCUT2D eigenvalue weighted by Gasteiger charge is 2.38. The second kappa shape index (κ2) is 4.04. The quantitative estimate of drug-likeness (QED) is 0.445. The fraction of sp³-hybridized carbons (Fsp3) is 0.875. The number of hydrogen-bond acceptors (Lipinski definition) is 5. The number of ether oxygens (including phenoxy) is 1. The maximum absolute atomic E-state index is 11.1. The first-order valence-corrected chi connectivity index (χ1v) is 4.18. The van der Waals surface area contributed by atoms with Gasteiger partial charge in [-0.2, -0.15) is 0 Å². The normalized spacial score (nSPS) is 40.0. The standard InChI is InChI=1S/C8H14O5/c1-13-8(12)4-2-6(10)7(11)3-5(4)9/h4-7,9-11H,2-3H2,1H3/t4?,5-,6+,7-/m0/s1. The molecule has 0 spiro atoms. The highest BCUT2D eigenvalue weighted by molar-refractivity contribution is 5.73. The molecule has 0 aliphatic heterocycles. The lowest BCUT2D eigenvalue weighted by atomic mass is 9.83. The molecule has 0 saturated heterocycles. The van der Waals surface area contributed by atoms with Crippen LogP contribution in [0.5, 0.6) is 0 Å². The number of carbonyl (C=O) groups excluding carboxylic acids is 1. The fourth-order valence-electron chi connectivity index (χ4n) is 1.55. The number of aliphatic hydroxyl groups excluding tert-OH is 3. The van der Waals surface area contributed by atoms with Crippen LogP contribution in [0, 0.1) is 5.92 Å². The van der Waals surface area contributed by atoms with Crippen LogP contribution in [-0.4, -0.2) is 46.7 Å². The molecule has 4 atom stereocenters. The van der Waals surface area contributed by atoms with Crippen LogP contribution in [0.4, 0.5) is 0 Å². The van der Waals surface area contributed by atoms with E-state index < -0.39 is 30.2 Å². The summed E-state index contributed by atoms with van der Waals surface area (Å²) in [6.07, 6.45) is -2.76. The number of esters is 1. The molecule has 13 heavy (non-hydrogen) atoms. The fourth-order valence-corrected chi connectivity index (χ4v) is 1.55. The summed E-state index contributed by atoms with van der Waals surface area (Å²) in [4.78, 5) is 11.1. The van der Waals surface area contributed by atoms with Crippen molar-refractivity contribution in [2.75, 3.05) is 7.11 Å². The van der Waals surface area contributed by atoms with Gasteiger partial charge in [0.05, 0.1) is 31.3 Å². The minimum atomic E-state index is -0.951. The molecule has 1 fully saturated rings. The Bertz CT molecular complexity index is 193. The van der Waals surface area contributed by atoms with Crippen molar-refractivity contribution in [1.29, 1.82) is 0 Å². The molecular formula is C8H14O5. The van der Waals surface area contributed by atoms with Crippen LogP contribution in [-0.2, 0) is 9.53 Å². The summed E-state index contributed by atoms with van der Waals surface area (Å²) in [6.45, 7) is 0. The number of hydrogen-bond donors (Lipinski definition) is 3. The van der Waals surface area contributed by atoms with Gasteiger partial charge in [-0.3, -0.25) is 4.79 Å². The van der Waals surface area contributed by atoms with Crippen molar-refractivity contribution < 1.29 is 24.9 Å². The zero-order valence-corrected chi connectivity index (χ0v) is 7.38. The second-order valence-electron chi connectivity index (χ2n) is 3.30. The lowest BCUT2D eigenvalue weighted by molar-refractivity contribution is -0.158. The molecule has 1 aliphatic carbocycles. The van der Waals surface area contributed by atoms with Crippen LogP contribution in [0.15, 0.2) is 0 Å². The summed E-state index contributed by atoms with van der Waals surface area (Å²) >= 11 is 0. The minimum absolute atomic E-state index is 0.0148. The first kappa shape index (κ1) is 10.4. The highest BCUT2D eigenvalue weighted by Crippen LogP contribution is 2.26. The van der Waals surface area contributed by atoms with Crippen molar-refractivity contribution in [1.82, 2.24) is 0 Å². The predicted octanol–water partition coefficient (Wildman–Crippen LogP) is -1.35. The van der Waals surface area contributed by atoms with Crippen molar-refractivity contribution in [3.05, 3.63) is 0 Å². The summed E-state index contributed by atoms with van der Waals surface area (Å²) in [5.74, 6) is -1.26. The number of methoxy groups -OCH3 is 1.